The number of amides is 1. The van der Waals surface area contributed by atoms with Crippen molar-refractivity contribution in [3.05, 3.63) is 41.7 Å². The van der Waals surface area contributed by atoms with E-state index in [0.717, 1.165) is 11.1 Å². The number of aromatic amines is 1. The second kappa shape index (κ2) is 12.8. The molecule has 3 rings (SSSR count). The van der Waals surface area contributed by atoms with E-state index in [0.29, 0.717) is 36.9 Å². The van der Waals surface area contributed by atoms with E-state index in [9.17, 15) is 18.0 Å². The Balaban J connectivity index is 1.26. The second-order valence-corrected chi connectivity index (χ2v) is 7.13. The van der Waals surface area contributed by atoms with Gasteiger partial charge in [0.05, 0.1) is 46.0 Å². The van der Waals surface area contributed by atoms with Crippen LogP contribution in [-0.4, -0.2) is 71.6 Å². The first kappa shape index (κ1) is 26.1. The van der Waals surface area contributed by atoms with Crippen molar-refractivity contribution in [1.82, 2.24) is 25.3 Å². The summed E-state index contributed by atoms with van der Waals surface area (Å²) in [5.41, 5.74) is 8.54. The lowest BCUT2D eigenvalue weighted by molar-refractivity contribution is -0.173. The number of rotatable bonds is 14. The van der Waals surface area contributed by atoms with E-state index in [-0.39, 0.29) is 38.9 Å². The molecule has 2 heterocycles. The van der Waals surface area contributed by atoms with Crippen molar-refractivity contribution in [2.24, 2.45) is 0 Å². The molecule has 0 bridgehead atoms. The minimum Gasteiger partial charge on any atom is -0.471 e. The number of anilines is 1. The van der Waals surface area contributed by atoms with E-state index in [1.807, 2.05) is 24.3 Å². The van der Waals surface area contributed by atoms with Crippen LogP contribution < -0.4 is 15.8 Å². The Morgan fingerprint density at radius 3 is 2.43 bits per heavy atom. The molecule has 0 saturated carbocycles. The van der Waals surface area contributed by atoms with Crippen molar-refractivity contribution >= 4 is 23.0 Å². The zero-order chi connectivity index (χ0) is 25.1. The highest BCUT2D eigenvalue weighted by atomic mass is 19.4. The number of benzene rings is 1. The minimum absolute atomic E-state index is 0.0426. The molecule has 0 aliphatic rings. The van der Waals surface area contributed by atoms with Gasteiger partial charge >= 0.3 is 12.1 Å². The fraction of sp³-hybridized carbons (Fsp3) is 0.429. The van der Waals surface area contributed by atoms with Gasteiger partial charge in [-0.25, -0.2) is 4.98 Å². The summed E-state index contributed by atoms with van der Waals surface area (Å²) in [7, 11) is 0. The van der Waals surface area contributed by atoms with Gasteiger partial charge in [0.25, 0.3) is 0 Å². The van der Waals surface area contributed by atoms with Gasteiger partial charge in [-0.3, -0.25) is 4.79 Å². The summed E-state index contributed by atoms with van der Waals surface area (Å²) in [6, 6.07) is 7.67. The molecule has 2 aromatic heterocycles. The topological polar surface area (TPSA) is 146 Å². The average molecular weight is 498 g/mol. The van der Waals surface area contributed by atoms with E-state index in [1.54, 1.807) is 5.32 Å². The first-order valence-electron chi connectivity index (χ1n) is 10.6. The normalized spacial score (nSPS) is 11.6. The van der Waals surface area contributed by atoms with Gasteiger partial charge in [-0.05, 0) is 11.1 Å². The molecule has 0 atom stereocenters. The molecule has 0 saturated heterocycles. The number of nitrogens with one attached hydrogen (secondary N) is 2. The number of nitrogens with two attached hydrogens (primary N) is 1. The largest absolute Gasteiger partial charge is 0.471 e. The monoisotopic (exact) mass is 498 g/mol. The van der Waals surface area contributed by atoms with E-state index in [1.165, 1.54) is 6.33 Å². The molecule has 0 unspecified atom stereocenters. The van der Waals surface area contributed by atoms with Crippen molar-refractivity contribution in [2.45, 2.75) is 19.4 Å². The number of ether oxygens (including phenoxy) is 4. The SMILES string of the molecule is Nc1nc(OCc2cccc(COCCOCCOCCNC(=O)C(F)(F)F)c2)c2[nH]cnc2n1. The molecule has 1 aromatic carbocycles. The lowest BCUT2D eigenvalue weighted by atomic mass is 10.1. The quantitative estimate of drug-likeness (QED) is 0.283. The van der Waals surface area contributed by atoms with Crippen molar-refractivity contribution < 1.29 is 36.9 Å². The molecule has 190 valence electrons. The molecule has 35 heavy (non-hydrogen) atoms. The Kier molecular flexibility index (Phi) is 9.57. The number of carbonyl (C=O) groups excluding carboxylic acids is 1. The molecular formula is C21H25F3N6O5. The Hall–Kier alpha value is -3.49. The van der Waals surface area contributed by atoms with Crippen LogP contribution in [0.4, 0.5) is 19.1 Å². The molecule has 11 nitrogen and oxygen atoms in total. The third kappa shape index (κ3) is 8.66. The highest BCUT2D eigenvalue weighted by molar-refractivity contribution is 5.81. The van der Waals surface area contributed by atoms with Crippen LogP contribution >= 0.6 is 0 Å². The number of hydrogen-bond acceptors (Lipinski definition) is 9. The number of alkyl halides is 3. The molecule has 4 N–H and O–H groups in total. The highest BCUT2D eigenvalue weighted by Gasteiger charge is 2.38. The molecule has 0 fully saturated rings. The number of nitrogens with zero attached hydrogens (tertiary/aromatic N) is 3. The van der Waals surface area contributed by atoms with Gasteiger partial charge < -0.3 is 35.0 Å². The number of aromatic nitrogens is 4. The first-order chi connectivity index (χ1) is 16.8. The zero-order valence-corrected chi connectivity index (χ0v) is 18.6. The lowest BCUT2D eigenvalue weighted by Crippen LogP contribution is -2.38. The summed E-state index contributed by atoms with van der Waals surface area (Å²) in [4.78, 5) is 25.7. The summed E-state index contributed by atoms with van der Waals surface area (Å²) in [6.07, 6.45) is -3.40. The average Bonchev–Trinajstić information content (AvgIpc) is 3.29. The van der Waals surface area contributed by atoms with Crippen molar-refractivity contribution in [3.8, 4) is 5.88 Å². The Labute approximate surface area is 198 Å². The van der Waals surface area contributed by atoms with Crippen LogP contribution in [0, 0.1) is 0 Å². The van der Waals surface area contributed by atoms with Crippen LogP contribution in [0.2, 0.25) is 0 Å². The maximum absolute atomic E-state index is 12.0. The molecule has 1 amide bonds. The van der Waals surface area contributed by atoms with Crippen LogP contribution in [-0.2, 0) is 32.2 Å². The van der Waals surface area contributed by atoms with Gasteiger partial charge in [-0.1, -0.05) is 24.3 Å². The molecular weight excluding hydrogens is 473 g/mol. The number of nitrogen functional groups attached to an aromatic ring is 1. The van der Waals surface area contributed by atoms with E-state index >= 15 is 0 Å². The fourth-order valence-corrected chi connectivity index (χ4v) is 2.85. The van der Waals surface area contributed by atoms with Gasteiger partial charge in [-0.15, -0.1) is 0 Å². The standard InChI is InChI=1S/C21H25F3N6O5/c22-21(23,24)19(31)26-4-5-32-6-7-33-8-9-34-11-14-2-1-3-15(10-14)12-35-18-16-17(28-13-27-16)29-20(25)30-18/h1-3,10,13H,4-9,11-12H2,(H,26,31)(H3,25,27,28,29,30). The molecule has 0 spiro atoms. The third-order valence-electron chi connectivity index (χ3n) is 4.44. The molecule has 14 heteroatoms. The summed E-state index contributed by atoms with van der Waals surface area (Å²) >= 11 is 0. The summed E-state index contributed by atoms with van der Waals surface area (Å²) < 4.78 is 57.8. The third-order valence-corrected chi connectivity index (χ3v) is 4.44. The smallest absolute Gasteiger partial charge is 0.471 e. The number of halogens is 3. The van der Waals surface area contributed by atoms with Crippen LogP contribution in [0.1, 0.15) is 11.1 Å². The Bertz CT molecular complexity index is 1090. The van der Waals surface area contributed by atoms with Crippen LogP contribution in [0.15, 0.2) is 30.6 Å². The van der Waals surface area contributed by atoms with Gasteiger partial charge in [0.2, 0.25) is 11.8 Å². The van der Waals surface area contributed by atoms with Gasteiger partial charge in [0.1, 0.15) is 12.1 Å². The predicted octanol–water partition coefficient (Wildman–Crippen LogP) is 1.74. The summed E-state index contributed by atoms with van der Waals surface area (Å²) in [5, 5.41) is 1.71. The van der Waals surface area contributed by atoms with Crippen LogP contribution in [0.25, 0.3) is 11.2 Å². The molecule has 3 aromatic rings. The van der Waals surface area contributed by atoms with Gasteiger partial charge in [0, 0.05) is 6.54 Å². The number of H-pyrrole nitrogens is 1. The number of imidazole rings is 1. The molecule has 0 aliphatic carbocycles. The molecule has 0 aliphatic heterocycles. The number of carbonyl (C=O) groups is 1. The number of hydrogen-bond donors (Lipinski definition) is 3. The predicted molar refractivity (Wildman–Crippen MR) is 117 cm³/mol. The van der Waals surface area contributed by atoms with Crippen LogP contribution in [0.3, 0.4) is 0 Å². The Morgan fingerprint density at radius 1 is 1.00 bits per heavy atom. The maximum atomic E-state index is 12.0. The molecule has 0 radical (unpaired) electrons. The number of fused-ring (bicyclic) bond motifs is 1. The fourth-order valence-electron chi connectivity index (χ4n) is 2.85. The first-order valence-corrected chi connectivity index (χ1v) is 10.6. The Morgan fingerprint density at radius 2 is 1.69 bits per heavy atom. The lowest BCUT2D eigenvalue weighted by Gasteiger charge is -2.10. The zero-order valence-electron chi connectivity index (χ0n) is 18.6. The van der Waals surface area contributed by atoms with E-state index in [2.05, 4.69) is 19.9 Å². The van der Waals surface area contributed by atoms with Gasteiger partial charge in [-0.2, -0.15) is 23.1 Å². The van der Waals surface area contributed by atoms with Crippen LogP contribution in [0.5, 0.6) is 5.88 Å². The van der Waals surface area contributed by atoms with Crippen molar-refractivity contribution in [3.63, 3.8) is 0 Å². The maximum Gasteiger partial charge on any atom is 0.471 e. The van der Waals surface area contributed by atoms with Gasteiger partial charge in [0.15, 0.2) is 5.65 Å². The highest BCUT2D eigenvalue weighted by Crippen LogP contribution is 2.21. The van der Waals surface area contributed by atoms with Crippen molar-refractivity contribution in [1.29, 1.82) is 0 Å². The summed E-state index contributed by atoms with van der Waals surface area (Å²) in [5.74, 6) is -1.59. The second-order valence-electron chi connectivity index (χ2n) is 7.13. The summed E-state index contributed by atoms with van der Waals surface area (Å²) in [6.45, 7) is 1.48. The minimum atomic E-state index is -4.89. The van der Waals surface area contributed by atoms with Crippen molar-refractivity contribution in [2.75, 3.05) is 45.3 Å². The van der Waals surface area contributed by atoms with E-state index in [4.69, 9.17) is 24.7 Å². The van der Waals surface area contributed by atoms with E-state index < -0.39 is 12.1 Å².